The van der Waals surface area contributed by atoms with Crippen molar-refractivity contribution < 1.29 is 14.3 Å². The highest BCUT2D eigenvalue weighted by atomic mass is 16.6. The highest BCUT2D eigenvalue weighted by Crippen LogP contribution is 2.38. The molecule has 1 aromatic heterocycles. The van der Waals surface area contributed by atoms with Gasteiger partial charge in [0, 0.05) is 23.7 Å². The summed E-state index contributed by atoms with van der Waals surface area (Å²) >= 11 is 0. The first-order valence-electron chi connectivity index (χ1n) is 10.5. The smallest absolute Gasteiger partial charge is 0.414 e. The third-order valence-electron chi connectivity index (χ3n) is 5.86. The van der Waals surface area contributed by atoms with Crippen LogP contribution in [0.4, 0.5) is 16.2 Å². The lowest BCUT2D eigenvalue weighted by Crippen LogP contribution is -2.29. The van der Waals surface area contributed by atoms with Gasteiger partial charge in [-0.25, -0.2) is 4.79 Å². The Bertz CT molecular complexity index is 1170. The summed E-state index contributed by atoms with van der Waals surface area (Å²) in [6.07, 6.45) is 1.89. The summed E-state index contributed by atoms with van der Waals surface area (Å²) in [6, 6.07) is 14.1. The minimum absolute atomic E-state index is 0.218. The first kappa shape index (κ1) is 19.3. The number of benzene rings is 2. The van der Waals surface area contributed by atoms with E-state index in [1.54, 1.807) is 4.90 Å². The number of nitrogens with two attached hydrogens (primary N) is 1. The molecule has 2 aromatic carbocycles. The van der Waals surface area contributed by atoms with Crippen LogP contribution in [-0.4, -0.2) is 47.9 Å². The van der Waals surface area contributed by atoms with E-state index < -0.39 is 5.91 Å². The van der Waals surface area contributed by atoms with Gasteiger partial charge in [0.1, 0.15) is 6.61 Å². The number of nitrogens with zero attached hydrogens (tertiary/aromatic N) is 4. The number of rotatable bonds is 6. The molecule has 5 rings (SSSR count). The molecule has 2 heterocycles. The summed E-state index contributed by atoms with van der Waals surface area (Å²) in [5.41, 5.74) is 10.1. The number of cyclic esters (lactones) is 1. The van der Waals surface area contributed by atoms with Gasteiger partial charge >= 0.3 is 6.09 Å². The quantitative estimate of drug-likeness (QED) is 0.660. The molecule has 8 heteroatoms. The molecular formula is C23H23N5O3. The van der Waals surface area contributed by atoms with Crippen LogP contribution in [0.1, 0.15) is 30.3 Å². The number of carbonyl (C=O) groups excluding carboxylic acids is 2. The maximum Gasteiger partial charge on any atom is 0.414 e. The number of hydrogen-bond acceptors (Lipinski definition) is 6. The molecule has 158 valence electrons. The van der Waals surface area contributed by atoms with Gasteiger partial charge in [0.25, 0.3) is 5.91 Å². The first-order valence-corrected chi connectivity index (χ1v) is 10.5. The van der Waals surface area contributed by atoms with Gasteiger partial charge in [0.15, 0.2) is 5.69 Å². The predicted molar refractivity (Wildman–Crippen MR) is 118 cm³/mol. The maximum absolute atomic E-state index is 12.0. The molecule has 8 nitrogen and oxygen atoms in total. The van der Waals surface area contributed by atoms with E-state index in [2.05, 4.69) is 22.0 Å². The monoisotopic (exact) mass is 417 g/mol. The van der Waals surface area contributed by atoms with Crippen molar-refractivity contribution in [2.24, 2.45) is 5.73 Å². The molecule has 0 spiro atoms. The summed E-state index contributed by atoms with van der Waals surface area (Å²) in [7, 11) is 0. The number of carbonyl (C=O) groups is 2. The second-order valence-corrected chi connectivity index (χ2v) is 7.82. The average molecular weight is 417 g/mol. The third kappa shape index (κ3) is 3.43. The second kappa shape index (κ2) is 7.54. The van der Waals surface area contributed by atoms with Crippen molar-refractivity contribution >= 4 is 34.3 Å². The van der Waals surface area contributed by atoms with E-state index >= 15 is 0 Å². The molecular weight excluding hydrogens is 394 g/mol. The Hall–Kier alpha value is -3.68. The lowest BCUT2D eigenvalue weighted by molar-refractivity contribution is 0.0995. The molecule has 31 heavy (non-hydrogen) atoms. The molecule has 2 fully saturated rings. The van der Waals surface area contributed by atoms with Crippen LogP contribution in [-0.2, 0) is 4.74 Å². The van der Waals surface area contributed by atoms with E-state index in [0.29, 0.717) is 24.7 Å². The molecule has 0 radical (unpaired) electrons. The van der Waals surface area contributed by atoms with Crippen molar-refractivity contribution in [1.29, 1.82) is 0 Å². The Morgan fingerprint density at radius 2 is 1.90 bits per heavy atom. The number of anilines is 2. The number of amides is 2. The van der Waals surface area contributed by atoms with E-state index in [-0.39, 0.29) is 11.8 Å². The normalized spacial score (nSPS) is 15.9. The summed E-state index contributed by atoms with van der Waals surface area (Å²) in [6.45, 7) is 3.81. The van der Waals surface area contributed by atoms with Crippen LogP contribution in [0.25, 0.3) is 22.0 Å². The molecule has 0 unspecified atom stereocenters. The van der Waals surface area contributed by atoms with Gasteiger partial charge in [0.05, 0.1) is 17.7 Å². The Kier molecular flexibility index (Phi) is 4.69. The number of primary amides is 1. The standard InChI is InChI=1S/C23H23N5O3/c1-2-27(16-8-9-16)21-18-10-5-15(13-19(18)25-26-20(21)22(24)29)14-3-6-17(7-4-14)28-11-12-31-23(28)30/h3-7,10,13,16H,2,8-9,11-12H2,1H3,(H2,24,29). The van der Waals surface area contributed by atoms with E-state index in [0.717, 1.165) is 47.3 Å². The van der Waals surface area contributed by atoms with Crippen LogP contribution in [0, 0.1) is 0 Å². The lowest BCUT2D eigenvalue weighted by Gasteiger charge is -2.25. The van der Waals surface area contributed by atoms with Crippen LogP contribution in [0.5, 0.6) is 0 Å². The minimum atomic E-state index is -0.566. The summed E-state index contributed by atoms with van der Waals surface area (Å²) in [5, 5.41) is 9.33. The van der Waals surface area contributed by atoms with Gasteiger partial charge in [0.2, 0.25) is 0 Å². The summed E-state index contributed by atoms with van der Waals surface area (Å²) < 4.78 is 5.01. The van der Waals surface area contributed by atoms with Gasteiger partial charge in [-0.2, -0.15) is 0 Å². The molecule has 1 saturated heterocycles. The van der Waals surface area contributed by atoms with Gasteiger partial charge in [-0.1, -0.05) is 18.2 Å². The van der Waals surface area contributed by atoms with Crippen molar-refractivity contribution in [1.82, 2.24) is 10.2 Å². The van der Waals surface area contributed by atoms with E-state index in [4.69, 9.17) is 10.5 Å². The molecule has 2 N–H and O–H groups in total. The van der Waals surface area contributed by atoms with Crippen molar-refractivity contribution in [2.45, 2.75) is 25.8 Å². The molecule has 2 aliphatic rings. The highest BCUT2D eigenvalue weighted by molar-refractivity contribution is 6.06. The second-order valence-electron chi connectivity index (χ2n) is 7.82. The topological polar surface area (TPSA) is 102 Å². The zero-order valence-electron chi connectivity index (χ0n) is 17.2. The molecule has 0 atom stereocenters. The van der Waals surface area contributed by atoms with Crippen molar-refractivity contribution in [2.75, 3.05) is 29.5 Å². The predicted octanol–water partition coefficient (Wildman–Crippen LogP) is 3.34. The van der Waals surface area contributed by atoms with Crippen LogP contribution in [0.3, 0.4) is 0 Å². The SMILES string of the molecule is CCN(c1c(C(N)=O)nnc2cc(-c3ccc(N4CCOC4=O)cc3)ccc12)C1CC1. The number of ether oxygens (including phenoxy) is 1. The van der Waals surface area contributed by atoms with E-state index in [1.807, 2.05) is 42.5 Å². The molecule has 1 aliphatic carbocycles. The molecule has 3 aromatic rings. The summed E-state index contributed by atoms with van der Waals surface area (Å²) in [4.78, 5) is 27.6. The average Bonchev–Trinajstić information content (AvgIpc) is 3.53. The highest BCUT2D eigenvalue weighted by Gasteiger charge is 2.32. The minimum Gasteiger partial charge on any atom is -0.447 e. The number of aromatic nitrogens is 2. The molecule has 1 saturated carbocycles. The Labute approximate surface area is 179 Å². The van der Waals surface area contributed by atoms with Gasteiger partial charge in [-0.3, -0.25) is 9.69 Å². The van der Waals surface area contributed by atoms with E-state index in [1.165, 1.54) is 0 Å². The molecule has 1 aliphatic heterocycles. The van der Waals surface area contributed by atoms with Crippen LogP contribution in [0.15, 0.2) is 42.5 Å². The number of hydrogen-bond donors (Lipinski definition) is 1. The maximum atomic E-state index is 12.0. The van der Waals surface area contributed by atoms with Crippen LogP contribution >= 0.6 is 0 Å². The Balaban J connectivity index is 1.54. The third-order valence-corrected chi connectivity index (χ3v) is 5.86. The summed E-state index contributed by atoms with van der Waals surface area (Å²) in [5.74, 6) is -0.566. The van der Waals surface area contributed by atoms with Crippen LogP contribution < -0.4 is 15.5 Å². The lowest BCUT2D eigenvalue weighted by atomic mass is 10.0. The number of fused-ring (bicyclic) bond motifs is 1. The molecule has 2 amide bonds. The fraction of sp³-hybridized carbons (Fsp3) is 0.304. The van der Waals surface area contributed by atoms with E-state index in [9.17, 15) is 9.59 Å². The zero-order valence-corrected chi connectivity index (χ0v) is 17.2. The fourth-order valence-electron chi connectivity index (χ4n) is 4.18. The van der Waals surface area contributed by atoms with Gasteiger partial charge < -0.3 is 15.4 Å². The van der Waals surface area contributed by atoms with Crippen molar-refractivity contribution in [3.8, 4) is 11.1 Å². The van der Waals surface area contributed by atoms with Gasteiger partial charge in [-0.05, 0) is 55.2 Å². The van der Waals surface area contributed by atoms with Crippen LogP contribution in [0.2, 0.25) is 0 Å². The van der Waals surface area contributed by atoms with Gasteiger partial charge in [-0.15, -0.1) is 10.2 Å². The molecule has 0 bridgehead atoms. The first-order chi connectivity index (χ1) is 15.1. The fourth-order valence-corrected chi connectivity index (χ4v) is 4.18. The van der Waals surface area contributed by atoms with Crippen molar-refractivity contribution in [3.63, 3.8) is 0 Å². The Morgan fingerprint density at radius 3 is 2.52 bits per heavy atom. The largest absolute Gasteiger partial charge is 0.447 e. The Morgan fingerprint density at radius 1 is 1.16 bits per heavy atom. The zero-order chi connectivity index (χ0) is 21.5. The van der Waals surface area contributed by atoms with Crippen molar-refractivity contribution in [3.05, 3.63) is 48.2 Å².